The molecule has 9 heteroatoms. The Morgan fingerprint density at radius 2 is 2.00 bits per heavy atom. The van der Waals surface area contributed by atoms with E-state index < -0.39 is 10.8 Å². The molecule has 0 fully saturated rings. The van der Waals surface area contributed by atoms with Crippen LogP contribution in [0.3, 0.4) is 0 Å². The number of hydrogen-bond donors (Lipinski definition) is 0. The standard InChI is InChI=1S/C19H19N3O5S/c1-3-27-15-7-4-13(5-8-15)18(23)20-19-21(10-11-26-2)16-12-14(22(24)25)6-9-17(16)28-19/h4-9,12H,3,10-11H2,1-2H3. The van der Waals surface area contributed by atoms with Crippen molar-refractivity contribution in [2.75, 3.05) is 20.3 Å². The maximum atomic E-state index is 12.6. The third kappa shape index (κ3) is 4.26. The van der Waals surface area contributed by atoms with E-state index in [4.69, 9.17) is 9.47 Å². The molecule has 1 aromatic heterocycles. The molecule has 0 saturated heterocycles. The molecule has 1 heterocycles. The second kappa shape index (κ2) is 8.77. The van der Waals surface area contributed by atoms with Gasteiger partial charge in [-0.2, -0.15) is 4.99 Å². The number of hydrogen-bond acceptors (Lipinski definition) is 6. The average molecular weight is 401 g/mol. The zero-order valence-electron chi connectivity index (χ0n) is 15.5. The molecule has 3 aromatic rings. The van der Waals surface area contributed by atoms with E-state index in [1.165, 1.54) is 23.5 Å². The highest BCUT2D eigenvalue weighted by molar-refractivity contribution is 7.16. The Kier molecular flexibility index (Phi) is 6.17. The summed E-state index contributed by atoms with van der Waals surface area (Å²) in [4.78, 5) is 28.0. The van der Waals surface area contributed by atoms with Crippen molar-refractivity contribution in [1.82, 2.24) is 4.57 Å². The van der Waals surface area contributed by atoms with Crippen molar-refractivity contribution < 1.29 is 19.2 Å². The fraction of sp³-hybridized carbons (Fsp3) is 0.263. The minimum absolute atomic E-state index is 0.0131. The maximum absolute atomic E-state index is 12.6. The number of nitrogens with zero attached hydrogens (tertiary/aromatic N) is 3. The normalized spacial score (nSPS) is 11.7. The first-order valence-corrected chi connectivity index (χ1v) is 9.43. The Bertz CT molecular complexity index is 1070. The third-order valence-corrected chi connectivity index (χ3v) is 5.06. The Balaban J connectivity index is 2.04. The number of rotatable bonds is 7. The number of nitro groups is 1. The first kappa shape index (κ1) is 19.7. The van der Waals surface area contributed by atoms with Crippen LogP contribution in [0.5, 0.6) is 5.75 Å². The molecule has 0 aliphatic carbocycles. The summed E-state index contributed by atoms with van der Waals surface area (Å²) in [7, 11) is 1.57. The Morgan fingerprint density at radius 1 is 1.25 bits per heavy atom. The zero-order chi connectivity index (χ0) is 20.1. The van der Waals surface area contributed by atoms with Gasteiger partial charge in [0, 0.05) is 31.4 Å². The summed E-state index contributed by atoms with van der Waals surface area (Å²) in [6.45, 7) is 3.25. The van der Waals surface area contributed by atoms with Crippen molar-refractivity contribution in [1.29, 1.82) is 0 Å². The molecule has 0 spiro atoms. The van der Waals surface area contributed by atoms with Gasteiger partial charge < -0.3 is 14.0 Å². The largest absolute Gasteiger partial charge is 0.494 e. The lowest BCUT2D eigenvalue weighted by molar-refractivity contribution is -0.384. The number of thiazole rings is 1. The van der Waals surface area contributed by atoms with Gasteiger partial charge >= 0.3 is 0 Å². The fourth-order valence-electron chi connectivity index (χ4n) is 2.67. The number of fused-ring (bicyclic) bond motifs is 1. The van der Waals surface area contributed by atoms with E-state index in [1.807, 2.05) is 6.92 Å². The highest BCUT2D eigenvalue weighted by atomic mass is 32.1. The molecule has 0 unspecified atom stereocenters. The maximum Gasteiger partial charge on any atom is 0.279 e. The Hall–Kier alpha value is -3.04. The minimum atomic E-state index is -0.445. The Morgan fingerprint density at radius 3 is 2.64 bits per heavy atom. The van der Waals surface area contributed by atoms with Gasteiger partial charge in [-0.1, -0.05) is 11.3 Å². The van der Waals surface area contributed by atoms with Crippen molar-refractivity contribution in [3.8, 4) is 5.75 Å². The summed E-state index contributed by atoms with van der Waals surface area (Å²) in [6.07, 6.45) is 0. The number of nitro benzene ring substituents is 1. The van der Waals surface area contributed by atoms with E-state index in [2.05, 4.69) is 4.99 Å². The molecular formula is C19H19N3O5S. The summed E-state index contributed by atoms with van der Waals surface area (Å²) in [5, 5.41) is 11.1. The molecule has 0 saturated carbocycles. The first-order valence-electron chi connectivity index (χ1n) is 8.62. The first-order chi connectivity index (χ1) is 13.5. The van der Waals surface area contributed by atoms with Gasteiger partial charge in [0.25, 0.3) is 11.6 Å². The highest BCUT2D eigenvalue weighted by Gasteiger charge is 2.13. The zero-order valence-corrected chi connectivity index (χ0v) is 16.3. The third-order valence-electron chi connectivity index (χ3n) is 4.00. The molecule has 0 bridgehead atoms. The molecule has 28 heavy (non-hydrogen) atoms. The summed E-state index contributed by atoms with van der Waals surface area (Å²) < 4.78 is 13.1. The number of benzene rings is 2. The van der Waals surface area contributed by atoms with Gasteiger partial charge in [0.2, 0.25) is 0 Å². The van der Waals surface area contributed by atoms with Crippen LogP contribution in [-0.2, 0) is 11.3 Å². The Labute approximate surface area is 164 Å². The summed E-state index contributed by atoms with van der Waals surface area (Å²) in [5.41, 5.74) is 1.07. The lowest BCUT2D eigenvalue weighted by atomic mass is 10.2. The molecule has 0 N–H and O–H groups in total. The van der Waals surface area contributed by atoms with Gasteiger partial charge in [-0.25, -0.2) is 0 Å². The summed E-state index contributed by atoms with van der Waals surface area (Å²) >= 11 is 1.30. The molecular weight excluding hydrogens is 382 g/mol. The molecule has 146 valence electrons. The number of non-ortho nitro benzene ring substituents is 1. The quantitative estimate of drug-likeness (QED) is 0.447. The van der Waals surface area contributed by atoms with Gasteiger partial charge in [-0.3, -0.25) is 14.9 Å². The number of methoxy groups -OCH3 is 1. The predicted octanol–water partition coefficient (Wildman–Crippen LogP) is 3.40. The van der Waals surface area contributed by atoms with E-state index in [0.29, 0.717) is 41.4 Å². The number of aromatic nitrogens is 1. The average Bonchev–Trinajstić information content (AvgIpc) is 3.03. The molecule has 0 aliphatic heterocycles. The van der Waals surface area contributed by atoms with Crippen LogP contribution >= 0.6 is 11.3 Å². The van der Waals surface area contributed by atoms with Crippen LogP contribution in [-0.4, -0.2) is 35.7 Å². The van der Waals surface area contributed by atoms with Crippen LogP contribution in [0.4, 0.5) is 5.69 Å². The topological polar surface area (TPSA) is 96.0 Å². The van der Waals surface area contributed by atoms with Crippen molar-refractivity contribution in [2.45, 2.75) is 13.5 Å². The monoisotopic (exact) mass is 401 g/mol. The van der Waals surface area contributed by atoms with E-state index in [9.17, 15) is 14.9 Å². The van der Waals surface area contributed by atoms with Gasteiger partial charge in [-0.15, -0.1) is 0 Å². The smallest absolute Gasteiger partial charge is 0.279 e. The second-order valence-corrected chi connectivity index (χ2v) is 6.82. The molecule has 2 aromatic carbocycles. The summed E-state index contributed by atoms with van der Waals surface area (Å²) in [5.74, 6) is 0.290. The second-order valence-electron chi connectivity index (χ2n) is 5.81. The van der Waals surface area contributed by atoms with Gasteiger partial charge in [0.1, 0.15) is 5.75 Å². The lowest BCUT2D eigenvalue weighted by Gasteiger charge is -2.04. The van der Waals surface area contributed by atoms with Gasteiger partial charge in [0.15, 0.2) is 4.80 Å². The number of carbonyl (C=O) groups is 1. The number of ether oxygens (including phenoxy) is 2. The van der Waals surface area contributed by atoms with E-state index >= 15 is 0 Å². The molecule has 0 aliphatic rings. The number of carbonyl (C=O) groups excluding carboxylic acids is 1. The van der Waals surface area contributed by atoms with Crippen LogP contribution in [0.25, 0.3) is 10.2 Å². The molecule has 8 nitrogen and oxygen atoms in total. The van der Waals surface area contributed by atoms with Crippen LogP contribution in [0.2, 0.25) is 0 Å². The van der Waals surface area contributed by atoms with E-state index in [0.717, 1.165) is 4.70 Å². The van der Waals surface area contributed by atoms with Gasteiger partial charge in [0.05, 0.1) is 28.4 Å². The summed E-state index contributed by atoms with van der Waals surface area (Å²) in [6, 6.07) is 11.4. The van der Waals surface area contributed by atoms with Crippen molar-refractivity contribution in [2.24, 2.45) is 4.99 Å². The van der Waals surface area contributed by atoms with Crippen LogP contribution in [0.15, 0.2) is 47.5 Å². The van der Waals surface area contributed by atoms with Crippen LogP contribution in [0, 0.1) is 10.1 Å². The van der Waals surface area contributed by atoms with E-state index in [-0.39, 0.29) is 5.69 Å². The molecule has 3 rings (SSSR count). The molecule has 0 radical (unpaired) electrons. The SMILES string of the molecule is CCOc1ccc(C(=O)N=c2sc3ccc([N+](=O)[O-])cc3n2CCOC)cc1. The van der Waals surface area contributed by atoms with Crippen LogP contribution in [0.1, 0.15) is 17.3 Å². The predicted molar refractivity (Wildman–Crippen MR) is 106 cm³/mol. The lowest BCUT2D eigenvalue weighted by Crippen LogP contribution is -2.19. The molecule has 1 amide bonds. The van der Waals surface area contributed by atoms with E-state index in [1.54, 1.807) is 42.0 Å². The minimum Gasteiger partial charge on any atom is -0.494 e. The van der Waals surface area contributed by atoms with Crippen molar-refractivity contribution in [3.05, 3.63) is 62.9 Å². The van der Waals surface area contributed by atoms with Gasteiger partial charge in [-0.05, 0) is 37.3 Å². The van der Waals surface area contributed by atoms with Crippen LogP contribution < -0.4 is 9.54 Å². The van der Waals surface area contributed by atoms with Crippen molar-refractivity contribution in [3.63, 3.8) is 0 Å². The molecule has 0 atom stereocenters. The van der Waals surface area contributed by atoms with Crippen molar-refractivity contribution >= 4 is 33.1 Å². The highest BCUT2D eigenvalue weighted by Crippen LogP contribution is 2.23. The fourth-order valence-corrected chi connectivity index (χ4v) is 3.70. The number of amides is 1.